The van der Waals surface area contributed by atoms with E-state index >= 15 is 0 Å². The standard InChI is InChI=1S/C16H25N3O3/c1-17-8-10-18(11-9-17)14(20)6-7-19-15(21)12-4-2-3-5-13(12)16(19)22/h12-13H,2-11H2,1H3. The molecule has 2 aliphatic heterocycles. The Labute approximate surface area is 131 Å². The first-order valence-corrected chi connectivity index (χ1v) is 8.39. The lowest BCUT2D eigenvalue weighted by Gasteiger charge is -2.32. The van der Waals surface area contributed by atoms with Crippen molar-refractivity contribution in [1.29, 1.82) is 0 Å². The third kappa shape index (κ3) is 2.89. The topological polar surface area (TPSA) is 60.9 Å². The van der Waals surface area contributed by atoms with Gasteiger partial charge >= 0.3 is 0 Å². The Bertz CT molecular complexity index is 447. The number of rotatable bonds is 3. The molecule has 3 rings (SSSR count). The summed E-state index contributed by atoms with van der Waals surface area (Å²) in [5.41, 5.74) is 0. The number of carbonyl (C=O) groups is 3. The number of carbonyl (C=O) groups excluding carboxylic acids is 3. The number of nitrogens with zero attached hydrogens (tertiary/aromatic N) is 3. The molecular weight excluding hydrogens is 282 g/mol. The van der Waals surface area contributed by atoms with Crippen LogP contribution in [-0.2, 0) is 14.4 Å². The average molecular weight is 307 g/mol. The molecule has 0 N–H and O–H groups in total. The number of imide groups is 1. The summed E-state index contributed by atoms with van der Waals surface area (Å²) >= 11 is 0. The molecule has 2 atom stereocenters. The Kier molecular flexibility index (Phi) is 4.47. The Morgan fingerprint density at radius 1 is 1.00 bits per heavy atom. The van der Waals surface area contributed by atoms with E-state index in [1.54, 1.807) is 0 Å². The van der Waals surface area contributed by atoms with Gasteiger partial charge in [-0.25, -0.2) is 0 Å². The minimum absolute atomic E-state index is 0.0409. The Hall–Kier alpha value is -1.43. The van der Waals surface area contributed by atoms with Crippen LogP contribution >= 0.6 is 0 Å². The lowest BCUT2D eigenvalue weighted by atomic mass is 9.81. The maximum Gasteiger partial charge on any atom is 0.233 e. The van der Waals surface area contributed by atoms with Crippen molar-refractivity contribution in [2.24, 2.45) is 11.8 Å². The summed E-state index contributed by atoms with van der Waals surface area (Å²) in [6.45, 7) is 3.51. The molecule has 0 aromatic rings. The van der Waals surface area contributed by atoms with Gasteiger partial charge in [-0.1, -0.05) is 12.8 Å². The van der Waals surface area contributed by atoms with Crippen molar-refractivity contribution in [3.05, 3.63) is 0 Å². The maximum absolute atomic E-state index is 12.4. The molecule has 0 spiro atoms. The molecule has 3 amide bonds. The van der Waals surface area contributed by atoms with Crippen LogP contribution in [-0.4, -0.2) is 72.2 Å². The highest BCUT2D eigenvalue weighted by atomic mass is 16.2. The smallest absolute Gasteiger partial charge is 0.233 e. The van der Waals surface area contributed by atoms with E-state index in [1.165, 1.54) is 4.90 Å². The fourth-order valence-electron chi connectivity index (χ4n) is 3.87. The summed E-state index contributed by atoms with van der Waals surface area (Å²) in [5.74, 6) is -0.245. The molecule has 6 nitrogen and oxygen atoms in total. The van der Waals surface area contributed by atoms with E-state index in [0.29, 0.717) is 0 Å². The predicted octanol–water partition coefficient (Wildman–Crippen LogP) is 0.326. The van der Waals surface area contributed by atoms with E-state index in [2.05, 4.69) is 4.90 Å². The van der Waals surface area contributed by atoms with Gasteiger partial charge in [-0.3, -0.25) is 19.3 Å². The third-order valence-electron chi connectivity index (χ3n) is 5.34. The molecule has 122 valence electrons. The fraction of sp³-hybridized carbons (Fsp3) is 0.812. The van der Waals surface area contributed by atoms with Gasteiger partial charge in [0, 0.05) is 39.1 Å². The lowest BCUT2D eigenvalue weighted by molar-refractivity contribution is -0.141. The molecular formula is C16H25N3O3. The largest absolute Gasteiger partial charge is 0.340 e. The molecule has 2 heterocycles. The summed E-state index contributed by atoms with van der Waals surface area (Å²) in [6, 6.07) is 0. The molecule has 0 bridgehead atoms. The minimum atomic E-state index is -0.111. The fourth-order valence-corrected chi connectivity index (χ4v) is 3.87. The van der Waals surface area contributed by atoms with Crippen LogP contribution < -0.4 is 0 Å². The molecule has 1 saturated carbocycles. The first kappa shape index (κ1) is 15.5. The van der Waals surface area contributed by atoms with Gasteiger partial charge in [-0.2, -0.15) is 0 Å². The van der Waals surface area contributed by atoms with Crippen LogP contribution in [0.2, 0.25) is 0 Å². The van der Waals surface area contributed by atoms with E-state index in [0.717, 1.165) is 51.9 Å². The van der Waals surface area contributed by atoms with Crippen molar-refractivity contribution < 1.29 is 14.4 Å². The minimum Gasteiger partial charge on any atom is -0.340 e. The zero-order chi connectivity index (χ0) is 15.7. The first-order chi connectivity index (χ1) is 10.6. The van der Waals surface area contributed by atoms with E-state index in [-0.39, 0.29) is 42.5 Å². The van der Waals surface area contributed by atoms with Crippen LogP contribution in [0.1, 0.15) is 32.1 Å². The Morgan fingerprint density at radius 2 is 1.55 bits per heavy atom. The van der Waals surface area contributed by atoms with Gasteiger partial charge in [-0.15, -0.1) is 0 Å². The second-order valence-corrected chi connectivity index (χ2v) is 6.76. The monoisotopic (exact) mass is 307 g/mol. The highest BCUT2D eigenvalue weighted by Gasteiger charge is 2.47. The normalized spacial score (nSPS) is 29.9. The Balaban J connectivity index is 1.54. The second kappa shape index (κ2) is 6.36. The molecule has 0 aromatic carbocycles. The van der Waals surface area contributed by atoms with Gasteiger partial charge < -0.3 is 9.80 Å². The van der Waals surface area contributed by atoms with Crippen LogP contribution in [0, 0.1) is 11.8 Å². The molecule has 22 heavy (non-hydrogen) atoms. The SMILES string of the molecule is CN1CCN(C(=O)CCN2C(=O)C3CCCCC3C2=O)CC1. The Morgan fingerprint density at radius 3 is 2.09 bits per heavy atom. The van der Waals surface area contributed by atoms with Crippen LogP contribution in [0.4, 0.5) is 0 Å². The highest BCUT2D eigenvalue weighted by Crippen LogP contribution is 2.37. The summed E-state index contributed by atoms with van der Waals surface area (Å²) in [4.78, 5) is 42.4. The van der Waals surface area contributed by atoms with Crippen LogP contribution in [0.5, 0.6) is 0 Å². The van der Waals surface area contributed by atoms with Gasteiger partial charge in [0.15, 0.2) is 0 Å². The van der Waals surface area contributed by atoms with Crippen molar-refractivity contribution >= 4 is 17.7 Å². The van der Waals surface area contributed by atoms with Crippen molar-refractivity contribution in [3.63, 3.8) is 0 Å². The zero-order valence-corrected chi connectivity index (χ0v) is 13.3. The molecule has 0 aromatic heterocycles. The number of likely N-dealkylation sites (N-methyl/N-ethyl adjacent to an activating group) is 1. The quantitative estimate of drug-likeness (QED) is 0.705. The molecule has 2 unspecified atom stereocenters. The number of piperazine rings is 1. The number of hydrogen-bond acceptors (Lipinski definition) is 4. The van der Waals surface area contributed by atoms with E-state index in [9.17, 15) is 14.4 Å². The molecule has 0 radical (unpaired) electrons. The molecule has 1 aliphatic carbocycles. The van der Waals surface area contributed by atoms with E-state index < -0.39 is 0 Å². The van der Waals surface area contributed by atoms with Crippen LogP contribution in [0.15, 0.2) is 0 Å². The first-order valence-electron chi connectivity index (χ1n) is 8.39. The van der Waals surface area contributed by atoms with Gasteiger partial charge in [0.1, 0.15) is 0 Å². The number of hydrogen-bond donors (Lipinski definition) is 0. The summed E-state index contributed by atoms with van der Waals surface area (Å²) in [7, 11) is 2.05. The lowest BCUT2D eigenvalue weighted by Crippen LogP contribution is -2.48. The zero-order valence-electron chi connectivity index (χ0n) is 13.3. The number of fused-ring (bicyclic) bond motifs is 1. The van der Waals surface area contributed by atoms with Gasteiger partial charge in [0.2, 0.25) is 17.7 Å². The third-order valence-corrected chi connectivity index (χ3v) is 5.34. The second-order valence-electron chi connectivity index (χ2n) is 6.76. The van der Waals surface area contributed by atoms with E-state index in [1.807, 2.05) is 11.9 Å². The average Bonchev–Trinajstić information content (AvgIpc) is 2.78. The van der Waals surface area contributed by atoms with Gasteiger partial charge in [-0.05, 0) is 19.9 Å². The molecule has 6 heteroatoms. The molecule has 3 aliphatic rings. The molecule has 3 fully saturated rings. The van der Waals surface area contributed by atoms with Gasteiger partial charge in [0.25, 0.3) is 0 Å². The summed E-state index contributed by atoms with van der Waals surface area (Å²) in [5, 5.41) is 0. The van der Waals surface area contributed by atoms with Gasteiger partial charge in [0.05, 0.1) is 11.8 Å². The molecule has 2 saturated heterocycles. The maximum atomic E-state index is 12.4. The number of likely N-dealkylation sites (tertiary alicyclic amines) is 1. The van der Waals surface area contributed by atoms with Crippen LogP contribution in [0.25, 0.3) is 0 Å². The van der Waals surface area contributed by atoms with Crippen molar-refractivity contribution in [1.82, 2.24) is 14.7 Å². The summed E-state index contributed by atoms with van der Waals surface area (Å²) in [6.07, 6.45) is 4.00. The van der Waals surface area contributed by atoms with Crippen molar-refractivity contribution in [2.45, 2.75) is 32.1 Å². The van der Waals surface area contributed by atoms with Crippen LogP contribution in [0.3, 0.4) is 0 Å². The van der Waals surface area contributed by atoms with Crippen molar-refractivity contribution in [3.8, 4) is 0 Å². The highest BCUT2D eigenvalue weighted by molar-refractivity contribution is 6.05. The van der Waals surface area contributed by atoms with Crippen molar-refractivity contribution in [2.75, 3.05) is 39.8 Å². The summed E-state index contributed by atoms with van der Waals surface area (Å²) < 4.78 is 0. The number of amides is 3. The predicted molar refractivity (Wildman–Crippen MR) is 80.9 cm³/mol. The van der Waals surface area contributed by atoms with E-state index in [4.69, 9.17) is 0 Å².